The minimum Gasteiger partial charge on any atom is -0.465 e. The second-order valence-electron chi connectivity index (χ2n) is 6.48. The lowest BCUT2D eigenvalue weighted by atomic mass is 9.86. The first-order valence-corrected chi connectivity index (χ1v) is 9.20. The molecule has 3 N–H and O–H groups in total. The highest BCUT2D eigenvalue weighted by atomic mass is 16.6. The molecule has 164 valence electrons. The summed E-state index contributed by atoms with van der Waals surface area (Å²) in [7, 11) is 2.71. The number of ether oxygens (including phenoxy) is 4. The average Bonchev–Trinajstić information content (AvgIpc) is 2.78. The number of nitrogens with two attached hydrogens (primary N) is 1. The smallest absolute Gasteiger partial charge is 0.340 e. The average molecular weight is 431 g/mol. The van der Waals surface area contributed by atoms with Gasteiger partial charge in [-0.25, -0.2) is 9.59 Å². The molecule has 2 aromatic rings. The number of hydrogen-bond donors (Lipinski definition) is 2. The first kappa shape index (κ1) is 22.1. The summed E-state index contributed by atoms with van der Waals surface area (Å²) in [6, 6.07) is 7.19. The highest BCUT2D eigenvalue weighted by Gasteiger charge is 2.39. The molecule has 31 heavy (non-hydrogen) atoms. The van der Waals surface area contributed by atoms with Crippen LogP contribution in [0.15, 0.2) is 51.0 Å². The van der Waals surface area contributed by atoms with Gasteiger partial charge >= 0.3 is 11.9 Å². The van der Waals surface area contributed by atoms with Crippen LogP contribution in [-0.2, 0) is 25.6 Å². The predicted molar refractivity (Wildman–Crippen MR) is 105 cm³/mol. The zero-order valence-electron chi connectivity index (χ0n) is 16.9. The van der Waals surface area contributed by atoms with Gasteiger partial charge in [-0.05, 0) is 17.7 Å². The second kappa shape index (κ2) is 9.45. The Hall–Kier alpha value is -3.63. The number of carbonyl (C=O) groups excluding carboxylic acids is 2. The molecule has 2 heterocycles. The summed E-state index contributed by atoms with van der Waals surface area (Å²) in [6.45, 7) is -0.407. The van der Waals surface area contributed by atoms with Gasteiger partial charge in [0.25, 0.3) is 0 Å². The number of carbonyl (C=O) groups is 2. The molecule has 3 rings (SSSR count). The van der Waals surface area contributed by atoms with Gasteiger partial charge in [-0.15, -0.1) is 0 Å². The van der Waals surface area contributed by atoms with E-state index in [2.05, 4.69) is 0 Å². The van der Waals surface area contributed by atoms with E-state index in [1.54, 1.807) is 12.1 Å². The van der Waals surface area contributed by atoms with Crippen LogP contribution < -0.4 is 15.9 Å². The molecule has 1 aromatic heterocycles. The van der Waals surface area contributed by atoms with Crippen LogP contribution in [0.1, 0.15) is 33.4 Å². The van der Waals surface area contributed by atoms with Crippen LogP contribution in [0.3, 0.4) is 0 Å². The number of aliphatic hydroxyl groups is 1. The lowest BCUT2D eigenvalue weighted by Crippen LogP contribution is -2.30. The predicted octanol–water partition coefficient (Wildman–Crippen LogP) is 0.803. The van der Waals surface area contributed by atoms with Crippen molar-refractivity contribution >= 4 is 11.9 Å². The molecule has 0 unspecified atom stereocenters. The van der Waals surface area contributed by atoms with Gasteiger partial charge in [-0.1, -0.05) is 12.1 Å². The number of methoxy groups -OCH3 is 2. The molecule has 0 spiro atoms. The fraction of sp³-hybridized carbons (Fsp3) is 0.286. The molecule has 1 aliphatic heterocycles. The lowest BCUT2D eigenvalue weighted by Gasteiger charge is -2.27. The summed E-state index contributed by atoms with van der Waals surface area (Å²) < 4.78 is 25.8. The number of benzene rings is 1. The van der Waals surface area contributed by atoms with E-state index >= 15 is 0 Å². The summed E-state index contributed by atoms with van der Waals surface area (Å²) in [6.07, 6.45) is 0. The van der Waals surface area contributed by atoms with Crippen molar-refractivity contribution in [2.45, 2.75) is 12.5 Å². The van der Waals surface area contributed by atoms with Crippen LogP contribution in [-0.4, -0.2) is 44.5 Å². The summed E-state index contributed by atoms with van der Waals surface area (Å²) >= 11 is 0. The van der Waals surface area contributed by atoms with Crippen molar-refractivity contribution in [3.05, 3.63) is 74.7 Å². The number of aliphatic hydroxyl groups excluding tert-OH is 1. The quantitative estimate of drug-likeness (QED) is 0.476. The lowest BCUT2D eigenvalue weighted by molar-refractivity contribution is -0.140. The number of rotatable bonds is 7. The van der Waals surface area contributed by atoms with Gasteiger partial charge in [-0.3, -0.25) is 4.79 Å². The van der Waals surface area contributed by atoms with Crippen LogP contribution in [0.25, 0.3) is 0 Å². The SMILES string of the molecule is COCCOC(=O)C1=C(N)Oc2c(oc(CO)cc2=O)[C@H]1c1ccc(C(=O)OC)cc1. The van der Waals surface area contributed by atoms with Crippen molar-refractivity contribution in [2.24, 2.45) is 5.73 Å². The molecule has 10 heteroatoms. The minimum absolute atomic E-state index is 0.0175. The van der Waals surface area contributed by atoms with Crippen molar-refractivity contribution < 1.29 is 38.1 Å². The Bertz CT molecular complexity index is 1070. The molecule has 1 aliphatic rings. The van der Waals surface area contributed by atoms with Gasteiger partial charge < -0.3 is 34.2 Å². The molecule has 1 aromatic carbocycles. The standard InChI is InChI=1S/C21H21NO9/c1-27-7-8-29-21(26)16-15(11-3-5-12(6-4-11)20(25)28-2)18-17(31-19(16)22)14(24)9-13(10-23)30-18/h3-6,9,15,23H,7-8,10,22H2,1-2H3/t15-/m0/s1. The first-order chi connectivity index (χ1) is 14.9. The molecule has 1 atom stereocenters. The first-order valence-electron chi connectivity index (χ1n) is 9.20. The molecular weight excluding hydrogens is 410 g/mol. The third-order valence-corrected chi connectivity index (χ3v) is 4.57. The monoisotopic (exact) mass is 431 g/mol. The van der Waals surface area contributed by atoms with Crippen LogP contribution in [0.4, 0.5) is 0 Å². The van der Waals surface area contributed by atoms with Crippen LogP contribution >= 0.6 is 0 Å². The number of fused-ring (bicyclic) bond motifs is 1. The van der Waals surface area contributed by atoms with E-state index in [-0.39, 0.29) is 47.5 Å². The topological polar surface area (TPSA) is 148 Å². The van der Waals surface area contributed by atoms with E-state index in [0.717, 1.165) is 6.07 Å². The van der Waals surface area contributed by atoms with Crippen LogP contribution in [0.5, 0.6) is 5.75 Å². The van der Waals surface area contributed by atoms with Crippen molar-refractivity contribution in [1.82, 2.24) is 0 Å². The maximum absolute atomic E-state index is 12.8. The van der Waals surface area contributed by atoms with Gasteiger partial charge in [0.2, 0.25) is 17.1 Å². The highest BCUT2D eigenvalue weighted by molar-refractivity contribution is 5.93. The zero-order chi connectivity index (χ0) is 22.5. The fourth-order valence-corrected chi connectivity index (χ4v) is 3.12. The van der Waals surface area contributed by atoms with Crippen LogP contribution in [0, 0.1) is 0 Å². The third-order valence-electron chi connectivity index (χ3n) is 4.57. The van der Waals surface area contributed by atoms with Gasteiger partial charge in [0.1, 0.15) is 24.5 Å². The zero-order valence-corrected chi connectivity index (χ0v) is 16.9. The molecule has 0 bridgehead atoms. The van der Waals surface area contributed by atoms with Crippen molar-refractivity contribution in [1.29, 1.82) is 0 Å². The Kier molecular flexibility index (Phi) is 6.73. The molecule has 10 nitrogen and oxygen atoms in total. The van der Waals surface area contributed by atoms with E-state index in [1.807, 2.05) is 0 Å². The largest absolute Gasteiger partial charge is 0.465 e. The Morgan fingerprint density at radius 2 is 1.84 bits per heavy atom. The van der Waals surface area contributed by atoms with Crippen molar-refractivity contribution in [2.75, 3.05) is 27.4 Å². The fourth-order valence-electron chi connectivity index (χ4n) is 3.12. The van der Waals surface area contributed by atoms with Crippen LogP contribution in [0.2, 0.25) is 0 Å². The maximum Gasteiger partial charge on any atom is 0.340 e. The molecule has 0 saturated carbocycles. The molecule has 0 radical (unpaired) electrons. The minimum atomic E-state index is -0.982. The van der Waals surface area contributed by atoms with E-state index < -0.39 is 29.9 Å². The summed E-state index contributed by atoms with van der Waals surface area (Å²) in [5.74, 6) is -2.87. The molecule has 0 amide bonds. The van der Waals surface area contributed by atoms with Gasteiger partial charge in [0.05, 0.1) is 25.2 Å². The van der Waals surface area contributed by atoms with Gasteiger partial charge in [0, 0.05) is 13.2 Å². The Labute approximate surface area is 176 Å². The van der Waals surface area contributed by atoms with E-state index in [0.29, 0.717) is 5.56 Å². The van der Waals surface area contributed by atoms with Gasteiger partial charge in [-0.2, -0.15) is 0 Å². The molecule has 0 fully saturated rings. The molecular formula is C21H21NO9. The Balaban J connectivity index is 2.14. The normalized spacial score (nSPS) is 15.1. The number of hydrogen-bond acceptors (Lipinski definition) is 10. The Morgan fingerprint density at radius 3 is 2.45 bits per heavy atom. The number of esters is 2. The summed E-state index contributed by atoms with van der Waals surface area (Å²) in [5, 5.41) is 9.45. The van der Waals surface area contributed by atoms with Crippen molar-refractivity contribution in [3.63, 3.8) is 0 Å². The summed E-state index contributed by atoms with van der Waals surface area (Å²) in [4.78, 5) is 37.0. The Morgan fingerprint density at radius 1 is 1.13 bits per heavy atom. The second-order valence-corrected chi connectivity index (χ2v) is 6.48. The summed E-state index contributed by atoms with van der Waals surface area (Å²) in [5.41, 5.74) is 6.08. The van der Waals surface area contributed by atoms with Crippen molar-refractivity contribution in [3.8, 4) is 5.75 Å². The van der Waals surface area contributed by atoms with Gasteiger partial charge in [0.15, 0.2) is 5.76 Å². The molecule has 0 saturated heterocycles. The molecule has 0 aliphatic carbocycles. The van der Waals surface area contributed by atoms with E-state index in [9.17, 15) is 19.5 Å². The van der Waals surface area contributed by atoms with E-state index in [4.69, 9.17) is 29.1 Å². The highest BCUT2D eigenvalue weighted by Crippen LogP contribution is 2.41. The third kappa shape index (κ3) is 4.44. The maximum atomic E-state index is 12.8. The van der Waals surface area contributed by atoms with E-state index in [1.165, 1.54) is 26.4 Å².